The van der Waals surface area contributed by atoms with Crippen molar-refractivity contribution in [3.63, 3.8) is 0 Å². The Bertz CT molecular complexity index is 224. The number of nitrogens with one attached hydrogen (secondary N) is 1. The molecule has 1 saturated carbocycles. The predicted octanol–water partition coefficient (Wildman–Crippen LogP) is 4.58. The summed E-state index contributed by atoms with van der Waals surface area (Å²) >= 11 is 0. The van der Waals surface area contributed by atoms with E-state index in [4.69, 9.17) is 0 Å². The number of rotatable bonds is 6. The molecule has 1 nitrogen and oxygen atoms in total. The van der Waals surface area contributed by atoms with Crippen LogP contribution in [0.1, 0.15) is 60.8 Å². The smallest absolute Gasteiger partial charge is 0.00204 e. The number of hydrogen-bond donors (Lipinski definition) is 1. The third-order valence-electron chi connectivity index (χ3n) is 5.30. The van der Waals surface area contributed by atoms with Crippen molar-refractivity contribution in [1.29, 1.82) is 0 Å². The molecule has 0 aromatic carbocycles. The summed E-state index contributed by atoms with van der Waals surface area (Å²) in [6.45, 7) is 16.7. The van der Waals surface area contributed by atoms with E-state index in [1.807, 2.05) is 0 Å². The van der Waals surface area contributed by atoms with Crippen molar-refractivity contribution in [3.8, 4) is 0 Å². The van der Waals surface area contributed by atoms with Crippen LogP contribution >= 0.6 is 0 Å². The molecule has 1 fully saturated rings. The molecule has 18 heavy (non-hydrogen) atoms. The first-order valence-corrected chi connectivity index (χ1v) is 8.12. The molecule has 0 radical (unpaired) electrons. The van der Waals surface area contributed by atoms with Gasteiger partial charge in [-0.15, -0.1) is 0 Å². The van der Waals surface area contributed by atoms with Crippen LogP contribution in [0.5, 0.6) is 0 Å². The van der Waals surface area contributed by atoms with Gasteiger partial charge in [-0.2, -0.15) is 0 Å². The Morgan fingerprint density at radius 1 is 0.944 bits per heavy atom. The van der Waals surface area contributed by atoms with E-state index in [0.29, 0.717) is 0 Å². The Balaban J connectivity index is 2.32. The van der Waals surface area contributed by atoms with E-state index < -0.39 is 0 Å². The summed E-state index contributed by atoms with van der Waals surface area (Å²) in [4.78, 5) is 0. The van der Waals surface area contributed by atoms with Crippen LogP contribution in [0.15, 0.2) is 0 Å². The SMILES string of the molecule is CC(C)CNCC(C)C(C)C1CCC(C)C(C)C1. The lowest BCUT2D eigenvalue weighted by atomic mass is 9.69. The lowest BCUT2D eigenvalue weighted by Crippen LogP contribution is -2.33. The second-order valence-corrected chi connectivity index (χ2v) is 7.42. The fourth-order valence-electron chi connectivity index (χ4n) is 3.32. The summed E-state index contributed by atoms with van der Waals surface area (Å²) in [6, 6.07) is 0. The van der Waals surface area contributed by atoms with E-state index in [-0.39, 0.29) is 0 Å². The van der Waals surface area contributed by atoms with Gasteiger partial charge in [-0.25, -0.2) is 0 Å². The fraction of sp³-hybridized carbons (Fsp3) is 1.00. The highest BCUT2D eigenvalue weighted by molar-refractivity contribution is 4.81. The Hall–Kier alpha value is -0.0400. The van der Waals surface area contributed by atoms with Gasteiger partial charge >= 0.3 is 0 Å². The highest BCUT2D eigenvalue weighted by Gasteiger charge is 2.30. The molecular weight excluding hydrogens is 218 g/mol. The highest BCUT2D eigenvalue weighted by Crippen LogP contribution is 2.39. The van der Waals surface area contributed by atoms with E-state index in [1.165, 1.54) is 25.8 Å². The van der Waals surface area contributed by atoms with E-state index in [1.54, 1.807) is 0 Å². The molecule has 0 spiro atoms. The average Bonchev–Trinajstić information content (AvgIpc) is 2.31. The molecule has 1 aliphatic carbocycles. The Morgan fingerprint density at radius 2 is 1.61 bits per heavy atom. The zero-order valence-corrected chi connectivity index (χ0v) is 13.5. The van der Waals surface area contributed by atoms with E-state index >= 15 is 0 Å². The maximum atomic E-state index is 3.62. The fourth-order valence-corrected chi connectivity index (χ4v) is 3.32. The number of hydrogen-bond acceptors (Lipinski definition) is 1. The molecular formula is C17H35N. The van der Waals surface area contributed by atoms with E-state index in [9.17, 15) is 0 Å². The lowest BCUT2D eigenvalue weighted by Gasteiger charge is -2.37. The summed E-state index contributed by atoms with van der Waals surface area (Å²) in [7, 11) is 0. The normalized spacial score (nSPS) is 32.5. The lowest BCUT2D eigenvalue weighted by molar-refractivity contribution is 0.133. The van der Waals surface area contributed by atoms with Gasteiger partial charge in [0.2, 0.25) is 0 Å². The van der Waals surface area contributed by atoms with E-state index in [0.717, 1.165) is 42.1 Å². The van der Waals surface area contributed by atoms with Crippen molar-refractivity contribution in [2.24, 2.45) is 35.5 Å². The molecule has 0 aromatic heterocycles. The van der Waals surface area contributed by atoms with Gasteiger partial charge in [0.05, 0.1) is 0 Å². The van der Waals surface area contributed by atoms with Gasteiger partial charge in [-0.1, -0.05) is 48.0 Å². The molecule has 5 unspecified atom stereocenters. The molecule has 0 bridgehead atoms. The zero-order chi connectivity index (χ0) is 13.7. The molecule has 0 aliphatic heterocycles. The minimum Gasteiger partial charge on any atom is -0.316 e. The molecule has 0 heterocycles. The standard InChI is InChI=1S/C17H35N/c1-12(2)10-18-11-15(5)16(6)17-8-7-13(3)14(4)9-17/h12-18H,7-11H2,1-6H3. The molecule has 1 N–H and O–H groups in total. The van der Waals surface area contributed by atoms with Crippen molar-refractivity contribution < 1.29 is 0 Å². The Labute approximate surface area is 115 Å². The van der Waals surface area contributed by atoms with Crippen molar-refractivity contribution in [2.45, 2.75) is 60.8 Å². The van der Waals surface area contributed by atoms with Crippen molar-refractivity contribution in [1.82, 2.24) is 5.32 Å². The minimum absolute atomic E-state index is 0.767. The molecule has 0 saturated heterocycles. The van der Waals surface area contributed by atoms with Crippen LogP contribution in [-0.4, -0.2) is 13.1 Å². The first-order chi connectivity index (χ1) is 8.41. The highest BCUT2D eigenvalue weighted by atomic mass is 14.9. The zero-order valence-electron chi connectivity index (χ0n) is 13.5. The molecule has 1 aliphatic rings. The van der Waals surface area contributed by atoms with Gasteiger partial charge in [-0.3, -0.25) is 0 Å². The monoisotopic (exact) mass is 253 g/mol. The Morgan fingerprint density at radius 3 is 2.17 bits per heavy atom. The minimum atomic E-state index is 0.767. The maximum absolute atomic E-state index is 3.62. The van der Waals surface area contributed by atoms with Crippen LogP contribution in [0.3, 0.4) is 0 Å². The van der Waals surface area contributed by atoms with Crippen LogP contribution in [0.2, 0.25) is 0 Å². The summed E-state index contributed by atoms with van der Waals surface area (Å²) in [5.74, 6) is 5.30. The molecule has 0 amide bonds. The third-order valence-corrected chi connectivity index (χ3v) is 5.30. The van der Waals surface area contributed by atoms with E-state index in [2.05, 4.69) is 46.9 Å². The first kappa shape index (κ1) is 16.0. The first-order valence-electron chi connectivity index (χ1n) is 8.12. The molecule has 1 heteroatoms. The van der Waals surface area contributed by atoms with Crippen LogP contribution in [0, 0.1) is 35.5 Å². The van der Waals surface area contributed by atoms with Gasteiger partial charge in [0.25, 0.3) is 0 Å². The van der Waals surface area contributed by atoms with Gasteiger partial charge in [0, 0.05) is 0 Å². The van der Waals surface area contributed by atoms with Crippen LogP contribution < -0.4 is 5.32 Å². The van der Waals surface area contributed by atoms with Gasteiger partial charge < -0.3 is 5.32 Å². The van der Waals surface area contributed by atoms with Crippen LogP contribution in [0.4, 0.5) is 0 Å². The molecule has 108 valence electrons. The van der Waals surface area contributed by atoms with Crippen molar-refractivity contribution in [2.75, 3.05) is 13.1 Å². The quantitative estimate of drug-likeness (QED) is 0.731. The summed E-state index contributed by atoms with van der Waals surface area (Å²) in [5.41, 5.74) is 0. The van der Waals surface area contributed by atoms with Gasteiger partial charge in [0.1, 0.15) is 0 Å². The second kappa shape index (κ2) is 7.53. The Kier molecular flexibility index (Phi) is 6.70. The van der Waals surface area contributed by atoms with Gasteiger partial charge in [-0.05, 0) is 61.4 Å². The largest absolute Gasteiger partial charge is 0.316 e. The average molecular weight is 253 g/mol. The third kappa shape index (κ3) is 4.91. The topological polar surface area (TPSA) is 12.0 Å². The second-order valence-electron chi connectivity index (χ2n) is 7.42. The summed E-state index contributed by atoms with van der Waals surface area (Å²) in [6.07, 6.45) is 4.36. The summed E-state index contributed by atoms with van der Waals surface area (Å²) < 4.78 is 0. The van der Waals surface area contributed by atoms with Crippen molar-refractivity contribution >= 4 is 0 Å². The molecule has 1 rings (SSSR count). The molecule has 5 atom stereocenters. The van der Waals surface area contributed by atoms with Crippen LogP contribution in [0.25, 0.3) is 0 Å². The molecule has 0 aromatic rings. The predicted molar refractivity (Wildman–Crippen MR) is 81.7 cm³/mol. The summed E-state index contributed by atoms with van der Waals surface area (Å²) in [5, 5.41) is 3.62. The van der Waals surface area contributed by atoms with Gasteiger partial charge in [0.15, 0.2) is 0 Å². The van der Waals surface area contributed by atoms with Crippen LogP contribution in [-0.2, 0) is 0 Å². The van der Waals surface area contributed by atoms with Crippen molar-refractivity contribution in [3.05, 3.63) is 0 Å². The maximum Gasteiger partial charge on any atom is -0.00204 e.